The van der Waals surface area contributed by atoms with E-state index in [-0.39, 0.29) is 18.4 Å². The van der Waals surface area contributed by atoms with Crippen molar-refractivity contribution in [1.82, 2.24) is 9.88 Å². The van der Waals surface area contributed by atoms with Gasteiger partial charge in [0.2, 0.25) is 0 Å². The normalized spacial score (nSPS) is 19.0. The fraction of sp³-hybridized carbons (Fsp3) is 0.227. The summed E-state index contributed by atoms with van der Waals surface area (Å²) < 4.78 is 5.26. The van der Waals surface area contributed by atoms with Crippen LogP contribution >= 0.6 is 0 Å². The van der Waals surface area contributed by atoms with Crippen molar-refractivity contribution < 1.29 is 19.4 Å². The van der Waals surface area contributed by atoms with Crippen LogP contribution in [0.4, 0.5) is 0 Å². The van der Waals surface area contributed by atoms with Gasteiger partial charge in [-0.15, -0.1) is 0 Å². The standard InChI is InChI=1S/C22H20N2O4/c1-28-17-7-4-6-14(10-17)18-12-24(13-19(18)22(26)27)21(25)16-9-15-5-2-3-8-20(15)23-11-16/h2-11,18-19H,12-13H2,1H3,(H,26,27)/t18-,19+/m0/s1. The van der Waals surface area contributed by atoms with Crippen LogP contribution in [0.5, 0.6) is 5.75 Å². The van der Waals surface area contributed by atoms with E-state index in [0.29, 0.717) is 17.9 Å². The quantitative estimate of drug-likeness (QED) is 0.756. The topological polar surface area (TPSA) is 79.7 Å². The number of ether oxygens (including phenoxy) is 1. The Bertz CT molecular complexity index is 1050. The Kier molecular flexibility index (Phi) is 4.69. The number of hydrogen-bond donors (Lipinski definition) is 1. The molecule has 1 N–H and O–H groups in total. The molecule has 1 fully saturated rings. The van der Waals surface area contributed by atoms with Gasteiger partial charge in [0.05, 0.1) is 24.1 Å². The summed E-state index contributed by atoms with van der Waals surface area (Å²) in [5, 5.41) is 10.6. The largest absolute Gasteiger partial charge is 0.497 e. The van der Waals surface area contributed by atoms with Gasteiger partial charge in [-0.2, -0.15) is 0 Å². The number of pyridine rings is 1. The predicted octanol–water partition coefficient (Wildman–Crippen LogP) is 3.18. The molecule has 2 aromatic carbocycles. The molecule has 2 heterocycles. The Hall–Kier alpha value is -3.41. The predicted molar refractivity (Wildman–Crippen MR) is 105 cm³/mol. The molecule has 0 radical (unpaired) electrons. The number of aromatic nitrogens is 1. The van der Waals surface area contributed by atoms with Crippen LogP contribution in [0, 0.1) is 5.92 Å². The zero-order valence-corrected chi connectivity index (χ0v) is 15.4. The molecule has 6 nitrogen and oxygen atoms in total. The first-order chi connectivity index (χ1) is 13.6. The molecule has 0 saturated carbocycles. The number of carboxylic acid groups (broad SMARTS) is 1. The first-order valence-corrected chi connectivity index (χ1v) is 9.07. The number of para-hydroxylation sites is 1. The molecule has 1 aliphatic rings. The second-order valence-electron chi connectivity index (χ2n) is 6.95. The van der Waals surface area contributed by atoms with E-state index in [1.54, 1.807) is 24.3 Å². The number of carbonyl (C=O) groups is 2. The second kappa shape index (κ2) is 7.31. The Morgan fingerprint density at radius 3 is 2.71 bits per heavy atom. The SMILES string of the molecule is COc1cccc([C@@H]2CN(C(=O)c3cnc4ccccc4c3)C[C@H]2C(=O)O)c1. The lowest BCUT2D eigenvalue weighted by Gasteiger charge is -2.17. The number of aliphatic carboxylic acids is 1. The minimum Gasteiger partial charge on any atom is -0.497 e. The molecule has 1 saturated heterocycles. The van der Waals surface area contributed by atoms with Gasteiger partial charge in [0, 0.05) is 30.6 Å². The van der Waals surface area contributed by atoms with Crippen LogP contribution in [0.3, 0.4) is 0 Å². The van der Waals surface area contributed by atoms with Gasteiger partial charge in [0.15, 0.2) is 0 Å². The number of rotatable bonds is 4. The number of benzene rings is 2. The van der Waals surface area contributed by atoms with Gasteiger partial charge in [0.1, 0.15) is 5.75 Å². The van der Waals surface area contributed by atoms with Crippen LogP contribution < -0.4 is 4.74 Å². The van der Waals surface area contributed by atoms with E-state index in [1.807, 2.05) is 48.5 Å². The molecule has 1 aromatic heterocycles. The lowest BCUT2D eigenvalue weighted by molar-refractivity contribution is -0.141. The molecule has 0 bridgehead atoms. The van der Waals surface area contributed by atoms with Gasteiger partial charge in [-0.1, -0.05) is 30.3 Å². The van der Waals surface area contributed by atoms with Crippen molar-refractivity contribution in [3.05, 3.63) is 71.9 Å². The Morgan fingerprint density at radius 1 is 1.11 bits per heavy atom. The lowest BCUT2D eigenvalue weighted by atomic mass is 9.89. The molecule has 4 rings (SSSR count). The number of likely N-dealkylation sites (tertiary alicyclic amines) is 1. The van der Waals surface area contributed by atoms with Crippen molar-refractivity contribution >= 4 is 22.8 Å². The van der Waals surface area contributed by atoms with Crippen LogP contribution in [-0.2, 0) is 4.79 Å². The molecule has 1 amide bonds. The van der Waals surface area contributed by atoms with Crippen LogP contribution in [0.25, 0.3) is 10.9 Å². The van der Waals surface area contributed by atoms with Crippen molar-refractivity contribution in [2.24, 2.45) is 5.92 Å². The monoisotopic (exact) mass is 376 g/mol. The molecular weight excluding hydrogens is 356 g/mol. The van der Waals surface area contributed by atoms with Crippen LogP contribution in [0.1, 0.15) is 21.8 Å². The molecular formula is C22H20N2O4. The molecule has 1 aliphatic heterocycles. The molecule has 0 spiro atoms. The van der Waals surface area contributed by atoms with E-state index in [1.165, 1.54) is 0 Å². The summed E-state index contributed by atoms with van der Waals surface area (Å²) in [7, 11) is 1.57. The van der Waals surface area contributed by atoms with Gasteiger partial charge < -0.3 is 14.7 Å². The molecule has 142 valence electrons. The summed E-state index contributed by atoms with van der Waals surface area (Å²) in [5.74, 6) is -1.38. The minimum absolute atomic E-state index is 0.170. The maximum Gasteiger partial charge on any atom is 0.308 e. The van der Waals surface area contributed by atoms with Crippen molar-refractivity contribution in [3.63, 3.8) is 0 Å². The van der Waals surface area contributed by atoms with Crippen molar-refractivity contribution in [3.8, 4) is 5.75 Å². The van der Waals surface area contributed by atoms with Gasteiger partial charge in [-0.25, -0.2) is 0 Å². The Labute approximate surface area is 162 Å². The third kappa shape index (κ3) is 3.29. The van der Waals surface area contributed by atoms with E-state index in [2.05, 4.69) is 4.98 Å². The zero-order chi connectivity index (χ0) is 19.7. The minimum atomic E-state index is -0.903. The number of amides is 1. The van der Waals surface area contributed by atoms with Crippen molar-refractivity contribution in [2.45, 2.75) is 5.92 Å². The Morgan fingerprint density at radius 2 is 1.93 bits per heavy atom. The fourth-order valence-electron chi connectivity index (χ4n) is 3.80. The van der Waals surface area contributed by atoms with Gasteiger partial charge in [0.25, 0.3) is 5.91 Å². The van der Waals surface area contributed by atoms with Gasteiger partial charge in [-0.05, 0) is 29.8 Å². The van der Waals surface area contributed by atoms with Crippen LogP contribution in [0.15, 0.2) is 60.8 Å². The number of hydrogen-bond acceptors (Lipinski definition) is 4. The summed E-state index contributed by atoms with van der Waals surface area (Å²) in [5.41, 5.74) is 2.14. The third-order valence-electron chi connectivity index (χ3n) is 5.28. The highest BCUT2D eigenvalue weighted by Crippen LogP contribution is 2.35. The fourth-order valence-corrected chi connectivity index (χ4v) is 3.80. The summed E-state index contributed by atoms with van der Waals surface area (Å²) in [4.78, 5) is 30.8. The summed E-state index contributed by atoms with van der Waals surface area (Å²) in [6.45, 7) is 0.513. The number of carbonyl (C=O) groups excluding carboxylic acids is 1. The van der Waals surface area contributed by atoms with E-state index in [4.69, 9.17) is 4.74 Å². The summed E-state index contributed by atoms with van der Waals surface area (Å²) >= 11 is 0. The summed E-state index contributed by atoms with van der Waals surface area (Å²) in [6.07, 6.45) is 1.55. The van der Waals surface area contributed by atoms with Gasteiger partial charge in [-0.3, -0.25) is 14.6 Å². The average Bonchev–Trinajstić information content (AvgIpc) is 3.19. The van der Waals surface area contributed by atoms with E-state index in [9.17, 15) is 14.7 Å². The van der Waals surface area contributed by atoms with E-state index >= 15 is 0 Å². The molecule has 0 unspecified atom stereocenters. The number of carboxylic acids is 1. The Balaban J connectivity index is 1.62. The summed E-state index contributed by atoms with van der Waals surface area (Å²) in [6, 6.07) is 16.8. The van der Waals surface area contributed by atoms with Crippen LogP contribution in [0.2, 0.25) is 0 Å². The van der Waals surface area contributed by atoms with Crippen LogP contribution in [-0.4, -0.2) is 47.1 Å². The zero-order valence-electron chi connectivity index (χ0n) is 15.4. The molecule has 6 heteroatoms. The number of fused-ring (bicyclic) bond motifs is 1. The van der Waals surface area contributed by atoms with Crippen molar-refractivity contribution in [2.75, 3.05) is 20.2 Å². The maximum atomic E-state index is 13.0. The molecule has 3 aromatic rings. The molecule has 0 aliphatic carbocycles. The maximum absolute atomic E-state index is 13.0. The first kappa shape index (κ1) is 18.0. The lowest BCUT2D eigenvalue weighted by Crippen LogP contribution is -2.30. The highest BCUT2D eigenvalue weighted by Gasteiger charge is 2.40. The average molecular weight is 376 g/mol. The molecule has 2 atom stereocenters. The second-order valence-corrected chi connectivity index (χ2v) is 6.95. The highest BCUT2D eigenvalue weighted by molar-refractivity contribution is 5.97. The smallest absolute Gasteiger partial charge is 0.308 e. The van der Waals surface area contributed by atoms with E-state index in [0.717, 1.165) is 16.5 Å². The van der Waals surface area contributed by atoms with E-state index < -0.39 is 11.9 Å². The van der Waals surface area contributed by atoms with Gasteiger partial charge >= 0.3 is 5.97 Å². The number of nitrogens with zero attached hydrogens (tertiary/aromatic N) is 2. The molecule has 28 heavy (non-hydrogen) atoms. The third-order valence-corrected chi connectivity index (χ3v) is 5.28. The number of methoxy groups -OCH3 is 1. The first-order valence-electron chi connectivity index (χ1n) is 9.07. The van der Waals surface area contributed by atoms with Crippen molar-refractivity contribution in [1.29, 1.82) is 0 Å². The highest BCUT2D eigenvalue weighted by atomic mass is 16.5.